The van der Waals surface area contributed by atoms with Crippen LogP contribution in [0, 0.1) is 22.7 Å². The van der Waals surface area contributed by atoms with E-state index in [1.165, 1.54) is 18.4 Å². The van der Waals surface area contributed by atoms with Crippen molar-refractivity contribution in [2.24, 2.45) is 27.8 Å². The summed E-state index contributed by atoms with van der Waals surface area (Å²) in [5, 5.41) is 14.2. The van der Waals surface area contributed by atoms with E-state index in [2.05, 4.69) is 70.7 Å². The molecular weight excluding hydrogens is 425 g/mol. The summed E-state index contributed by atoms with van der Waals surface area (Å²) in [7, 11) is 1.60. The third-order valence-electron chi connectivity index (χ3n) is 8.09. The van der Waals surface area contributed by atoms with E-state index in [-0.39, 0.29) is 17.3 Å². The summed E-state index contributed by atoms with van der Waals surface area (Å²) in [6.07, 6.45) is 15.5. The Kier molecular flexibility index (Phi) is 8.44. The molecule has 3 rings (SSSR count). The van der Waals surface area contributed by atoms with Crippen LogP contribution in [-0.2, 0) is 4.84 Å². The first kappa shape index (κ1) is 26.7. The van der Waals surface area contributed by atoms with Crippen molar-refractivity contribution in [1.29, 1.82) is 0 Å². The standard InChI is InChI=1S/C30H44FNO2/c1-20(10-8-12-28(32-34-7)29(3,4)5)25-15-16-26-22(11-9-17-30(25,26)6)13-14-23-18-24(33)19-27(31)21(23)2/h8,12-15,20,24,26-27,33H,2,9-11,16-19H2,1,3-7H3/b12-8+,22-13+,23-14-,32-28-/t20-,24+,26-,27-,30+/m0/s1. The van der Waals surface area contributed by atoms with Gasteiger partial charge in [-0.25, -0.2) is 4.39 Å². The largest absolute Gasteiger partial charge is 0.399 e. The Morgan fingerprint density at radius 1 is 1.38 bits per heavy atom. The van der Waals surface area contributed by atoms with Gasteiger partial charge in [0.15, 0.2) is 0 Å². The van der Waals surface area contributed by atoms with Crippen LogP contribution >= 0.6 is 0 Å². The maximum absolute atomic E-state index is 14.2. The second kappa shape index (κ2) is 10.8. The number of hydrogen-bond donors (Lipinski definition) is 1. The van der Waals surface area contributed by atoms with Crippen LogP contribution in [0.15, 0.2) is 64.4 Å². The fraction of sp³-hybridized carbons (Fsp3) is 0.633. The van der Waals surface area contributed by atoms with Gasteiger partial charge in [0.25, 0.3) is 0 Å². The van der Waals surface area contributed by atoms with E-state index in [9.17, 15) is 9.50 Å². The zero-order valence-electron chi connectivity index (χ0n) is 22.0. The van der Waals surface area contributed by atoms with E-state index in [1.54, 1.807) is 12.7 Å². The highest BCUT2D eigenvalue weighted by Gasteiger charge is 2.45. The number of oxime groups is 1. The number of hydrogen-bond acceptors (Lipinski definition) is 3. The van der Waals surface area contributed by atoms with Crippen molar-refractivity contribution >= 4 is 5.71 Å². The van der Waals surface area contributed by atoms with Crippen LogP contribution in [0.1, 0.15) is 79.6 Å². The number of halogens is 1. The number of alkyl halides is 1. The highest BCUT2D eigenvalue weighted by atomic mass is 19.1. The summed E-state index contributed by atoms with van der Waals surface area (Å²) in [6, 6.07) is 0. The summed E-state index contributed by atoms with van der Waals surface area (Å²) < 4.78 is 14.2. The SMILES string of the molecule is C=C1/C(=C\C=C2/CCC[C@]3(C)C([C@@H](C)C/C=C/C(=N/OC)C(C)(C)C)=CC[C@@H]23)C[C@@H](O)C[C@@H]1F. The first-order valence-corrected chi connectivity index (χ1v) is 12.9. The van der Waals surface area contributed by atoms with Gasteiger partial charge in [0.1, 0.15) is 13.3 Å². The van der Waals surface area contributed by atoms with Gasteiger partial charge in [-0.15, -0.1) is 0 Å². The summed E-state index contributed by atoms with van der Waals surface area (Å²) >= 11 is 0. The van der Waals surface area contributed by atoms with Crippen LogP contribution in [-0.4, -0.2) is 30.2 Å². The first-order chi connectivity index (χ1) is 16.0. The van der Waals surface area contributed by atoms with E-state index in [1.807, 2.05) is 6.08 Å². The van der Waals surface area contributed by atoms with Crippen LogP contribution in [0.4, 0.5) is 4.39 Å². The van der Waals surface area contributed by atoms with Gasteiger partial charge in [-0.3, -0.25) is 0 Å². The lowest BCUT2D eigenvalue weighted by molar-refractivity contribution is 0.124. The van der Waals surface area contributed by atoms with Crippen molar-refractivity contribution in [1.82, 2.24) is 0 Å². The van der Waals surface area contributed by atoms with Gasteiger partial charge in [0.05, 0.1) is 11.8 Å². The lowest BCUT2D eigenvalue weighted by Crippen LogP contribution is -2.32. The molecule has 2 fully saturated rings. The minimum Gasteiger partial charge on any atom is -0.399 e. The Balaban J connectivity index is 1.73. The average Bonchev–Trinajstić information content (AvgIpc) is 3.11. The second-order valence-corrected chi connectivity index (χ2v) is 11.7. The lowest BCUT2D eigenvalue weighted by atomic mass is 9.62. The van der Waals surface area contributed by atoms with Gasteiger partial charge in [0.2, 0.25) is 0 Å². The number of aliphatic hydroxyl groups is 1. The van der Waals surface area contributed by atoms with Crippen molar-refractivity contribution in [2.75, 3.05) is 7.11 Å². The van der Waals surface area contributed by atoms with E-state index >= 15 is 0 Å². The topological polar surface area (TPSA) is 41.8 Å². The molecule has 0 amide bonds. The maximum Gasteiger partial charge on any atom is 0.127 e. The molecule has 188 valence electrons. The highest BCUT2D eigenvalue weighted by Crippen LogP contribution is 2.57. The molecule has 0 spiro atoms. The molecular formula is C30H44FNO2. The molecule has 0 heterocycles. The smallest absolute Gasteiger partial charge is 0.127 e. The van der Waals surface area contributed by atoms with E-state index < -0.39 is 12.3 Å². The van der Waals surface area contributed by atoms with Crippen LogP contribution in [0.5, 0.6) is 0 Å². The van der Waals surface area contributed by atoms with E-state index in [4.69, 9.17) is 4.84 Å². The molecule has 0 radical (unpaired) electrons. The Labute approximate surface area is 206 Å². The van der Waals surface area contributed by atoms with Crippen LogP contribution < -0.4 is 0 Å². The molecule has 0 aliphatic heterocycles. The van der Waals surface area contributed by atoms with E-state index in [0.717, 1.165) is 30.5 Å². The number of aliphatic hydroxyl groups excluding tert-OH is 1. The van der Waals surface area contributed by atoms with Gasteiger partial charge < -0.3 is 9.94 Å². The quantitative estimate of drug-likeness (QED) is 0.246. The summed E-state index contributed by atoms with van der Waals surface area (Å²) in [5.41, 5.74) is 5.51. The zero-order chi connectivity index (χ0) is 25.1. The van der Waals surface area contributed by atoms with Crippen LogP contribution in [0.2, 0.25) is 0 Å². The molecule has 0 bridgehead atoms. The van der Waals surface area contributed by atoms with Gasteiger partial charge in [-0.05, 0) is 73.0 Å². The minimum absolute atomic E-state index is 0.0567. The molecule has 0 aromatic heterocycles. The van der Waals surface area contributed by atoms with Crippen LogP contribution in [0.25, 0.3) is 0 Å². The summed E-state index contributed by atoms with van der Waals surface area (Å²) in [6.45, 7) is 15.1. The van der Waals surface area contributed by atoms with Crippen molar-refractivity contribution in [3.8, 4) is 0 Å². The molecule has 34 heavy (non-hydrogen) atoms. The minimum atomic E-state index is -1.13. The molecule has 0 unspecified atom stereocenters. The van der Waals surface area contributed by atoms with E-state index in [0.29, 0.717) is 23.8 Å². The van der Waals surface area contributed by atoms with Crippen molar-refractivity contribution < 1.29 is 14.3 Å². The Bertz CT molecular complexity index is 917. The monoisotopic (exact) mass is 469 g/mol. The molecule has 3 aliphatic rings. The number of allylic oxidation sites excluding steroid dienone is 8. The van der Waals surface area contributed by atoms with Crippen LogP contribution in [0.3, 0.4) is 0 Å². The molecule has 3 aliphatic carbocycles. The molecule has 0 aromatic carbocycles. The first-order valence-electron chi connectivity index (χ1n) is 12.9. The fourth-order valence-corrected chi connectivity index (χ4v) is 6.08. The lowest BCUT2D eigenvalue weighted by Gasteiger charge is -2.42. The predicted molar refractivity (Wildman–Crippen MR) is 140 cm³/mol. The maximum atomic E-state index is 14.2. The van der Waals surface area contributed by atoms with Gasteiger partial charge >= 0.3 is 0 Å². The average molecular weight is 470 g/mol. The summed E-state index contributed by atoms with van der Waals surface area (Å²) in [5.74, 6) is 0.968. The van der Waals surface area contributed by atoms with Crippen molar-refractivity contribution in [2.45, 2.75) is 91.8 Å². The molecule has 4 heteroatoms. The Hall–Kier alpha value is -1.94. The summed E-state index contributed by atoms with van der Waals surface area (Å²) in [4.78, 5) is 5.05. The number of fused-ring (bicyclic) bond motifs is 1. The zero-order valence-corrected chi connectivity index (χ0v) is 22.0. The molecule has 0 saturated heterocycles. The molecule has 0 aromatic rings. The van der Waals surface area contributed by atoms with Crippen molar-refractivity contribution in [3.05, 3.63) is 59.3 Å². The fourth-order valence-electron chi connectivity index (χ4n) is 6.08. The molecule has 1 N–H and O–H groups in total. The third-order valence-corrected chi connectivity index (χ3v) is 8.09. The molecule has 3 nitrogen and oxygen atoms in total. The predicted octanol–water partition coefficient (Wildman–Crippen LogP) is 7.66. The number of rotatable bonds is 6. The van der Waals surface area contributed by atoms with Gasteiger partial charge in [0, 0.05) is 11.8 Å². The third kappa shape index (κ3) is 5.82. The van der Waals surface area contributed by atoms with Gasteiger partial charge in [-0.2, -0.15) is 0 Å². The number of nitrogens with zero attached hydrogens (tertiary/aromatic N) is 1. The second-order valence-electron chi connectivity index (χ2n) is 11.7. The normalized spacial score (nSPS) is 34.0. The van der Waals surface area contributed by atoms with Crippen molar-refractivity contribution in [3.63, 3.8) is 0 Å². The molecule has 5 atom stereocenters. The van der Waals surface area contributed by atoms with Gasteiger partial charge in [-0.1, -0.05) is 81.8 Å². The Morgan fingerprint density at radius 2 is 2.12 bits per heavy atom. The Morgan fingerprint density at radius 3 is 2.79 bits per heavy atom. The molecule has 2 saturated carbocycles. The highest BCUT2D eigenvalue weighted by molar-refractivity contribution is 5.98.